The molecule has 1 heterocycles. The van der Waals surface area contributed by atoms with Crippen molar-refractivity contribution in [1.82, 2.24) is 4.98 Å². The Bertz CT molecular complexity index is 510. The maximum absolute atomic E-state index is 10.7. The summed E-state index contributed by atoms with van der Waals surface area (Å²) in [6.07, 6.45) is 1.39. The number of aromatic nitrogens is 1. The molecule has 1 N–H and O–H groups in total. The maximum Gasteiger partial charge on any atom is 0.347 e. The summed E-state index contributed by atoms with van der Waals surface area (Å²) < 4.78 is 0. The number of hydrogen-bond acceptors (Lipinski definition) is 4. The Morgan fingerprint density at radius 1 is 1.41 bits per heavy atom. The van der Waals surface area contributed by atoms with Gasteiger partial charge in [0.05, 0.1) is 6.20 Å². The average molecular weight is 248 g/mol. The molecule has 0 radical (unpaired) electrons. The molecule has 0 amide bonds. The number of carbonyl (C=O) groups is 1. The Labute approximate surface area is 103 Å². The average Bonchev–Trinajstić information content (AvgIpc) is 2.79. The van der Waals surface area contributed by atoms with Crippen LogP contribution in [-0.2, 0) is 6.54 Å². The van der Waals surface area contributed by atoms with Gasteiger partial charge in [0.2, 0.25) is 0 Å². The third-order valence-electron chi connectivity index (χ3n) is 2.29. The summed E-state index contributed by atoms with van der Waals surface area (Å²) in [4.78, 5) is 17.0. The van der Waals surface area contributed by atoms with Gasteiger partial charge in [-0.3, -0.25) is 0 Å². The molecule has 0 saturated carbocycles. The number of aromatic carboxylic acids is 1. The number of carboxylic acid groups (broad SMARTS) is 1. The molecule has 88 valence electrons. The Hall–Kier alpha value is -1.88. The fourth-order valence-corrected chi connectivity index (χ4v) is 2.18. The number of carboxylic acids is 1. The van der Waals surface area contributed by atoms with Crippen LogP contribution in [-0.4, -0.2) is 23.1 Å². The Balaban J connectivity index is 2.09. The fraction of sp³-hybridized carbons (Fsp3) is 0.167. The van der Waals surface area contributed by atoms with Gasteiger partial charge >= 0.3 is 5.97 Å². The first-order valence-electron chi connectivity index (χ1n) is 5.11. The van der Waals surface area contributed by atoms with E-state index >= 15 is 0 Å². The molecule has 1 aromatic carbocycles. The van der Waals surface area contributed by atoms with Crippen molar-refractivity contribution in [3.05, 3.63) is 47.0 Å². The smallest absolute Gasteiger partial charge is 0.347 e. The summed E-state index contributed by atoms with van der Waals surface area (Å²) in [7, 11) is 1.90. The molecule has 17 heavy (non-hydrogen) atoms. The van der Waals surface area contributed by atoms with Gasteiger partial charge in [-0.15, -0.1) is 0 Å². The van der Waals surface area contributed by atoms with Crippen LogP contribution >= 0.6 is 11.3 Å². The zero-order chi connectivity index (χ0) is 12.3. The van der Waals surface area contributed by atoms with Crippen LogP contribution in [0.4, 0.5) is 5.13 Å². The van der Waals surface area contributed by atoms with Crippen molar-refractivity contribution < 1.29 is 9.90 Å². The molecule has 0 unspecified atom stereocenters. The van der Waals surface area contributed by atoms with Gasteiger partial charge < -0.3 is 10.0 Å². The molecule has 0 bridgehead atoms. The Morgan fingerprint density at radius 2 is 2.12 bits per heavy atom. The van der Waals surface area contributed by atoms with E-state index in [4.69, 9.17) is 5.11 Å². The summed E-state index contributed by atoms with van der Waals surface area (Å²) >= 11 is 1.18. The summed E-state index contributed by atoms with van der Waals surface area (Å²) in [5.41, 5.74) is 1.17. The third-order valence-corrected chi connectivity index (χ3v) is 3.39. The largest absolute Gasteiger partial charge is 0.477 e. The lowest BCUT2D eigenvalue weighted by Gasteiger charge is -2.15. The van der Waals surface area contributed by atoms with E-state index in [9.17, 15) is 4.79 Å². The normalized spacial score (nSPS) is 10.2. The number of hydrogen-bond donors (Lipinski definition) is 1. The lowest BCUT2D eigenvalue weighted by atomic mass is 10.2. The predicted molar refractivity (Wildman–Crippen MR) is 67.6 cm³/mol. The Kier molecular flexibility index (Phi) is 3.39. The molecule has 2 rings (SSSR count). The van der Waals surface area contributed by atoms with Crippen molar-refractivity contribution in [2.45, 2.75) is 6.54 Å². The van der Waals surface area contributed by atoms with Crippen LogP contribution in [0.5, 0.6) is 0 Å². The molecule has 0 aliphatic carbocycles. The van der Waals surface area contributed by atoms with Crippen molar-refractivity contribution in [3.63, 3.8) is 0 Å². The molecule has 0 spiro atoms. The van der Waals surface area contributed by atoms with E-state index < -0.39 is 5.97 Å². The molecule has 1 aromatic heterocycles. The lowest BCUT2D eigenvalue weighted by molar-refractivity contribution is 0.0702. The van der Waals surface area contributed by atoms with E-state index in [1.54, 1.807) is 0 Å². The first-order valence-corrected chi connectivity index (χ1v) is 5.92. The first kappa shape index (κ1) is 11.6. The molecule has 5 heteroatoms. The summed E-state index contributed by atoms with van der Waals surface area (Å²) in [5.74, 6) is -0.929. The number of anilines is 1. The van der Waals surface area contributed by atoms with E-state index in [0.717, 1.165) is 0 Å². The van der Waals surface area contributed by atoms with Crippen molar-refractivity contribution in [3.8, 4) is 0 Å². The highest BCUT2D eigenvalue weighted by Gasteiger charge is 2.11. The molecule has 4 nitrogen and oxygen atoms in total. The minimum absolute atomic E-state index is 0.264. The predicted octanol–water partition coefficient (Wildman–Crippen LogP) is 2.48. The highest BCUT2D eigenvalue weighted by atomic mass is 32.1. The van der Waals surface area contributed by atoms with Crippen LogP contribution in [0.3, 0.4) is 0 Å². The minimum Gasteiger partial charge on any atom is -0.477 e. The van der Waals surface area contributed by atoms with Crippen LogP contribution in [0.2, 0.25) is 0 Å². The first-order chi connectivity index (χ1) is 8.16. The third kappa shape index (κ3) is 2.82. The molecule has 0 aliphatic rings. The van der Waals surface area contributed by atoms with Gasteiger partial charge in [-0.05, 0) is 5.56 Å². The maximum atomic E-state index is 10.7. The molecule has 0 atom stereocenters. The number of thiazole rings is 1. The van der Waals surface area contributed by atoms with E-state index in [1.165, 1.54) is 23.1 Å². The second kappa shape index (κ2) is 4.97. The molecular weight excluding hydrogens is 236 g/mol. The second-order valence-electron chi connectivity index (χ2n) is 3.65. The number of benzene rings is 1. The van der Waals surface area contributed by atoms with Crippen molar-refractivity contribution in [2.24, 2.45) is 0 Å². The Morgan fingerprint density at radius 3 is 2.71 bits per heavy atom. The topological polar surface area (TPSA) is 53.4 Å². The highest BCUT2D eigenvalue weighted by Crippen LogP contribution is 2.22. The van der Waals surface area contributed by atoms with Gasteiger partial charge in [0.1, 0.15) is 4.88 Å². The van der Waals surface area contributed by atoms with Crippen LogP contribution in [0.1, 0.15) is 15.2 Å². The van der Waals surface area contributed by atoms with Crippen LogP contribution in [0.15, 0.2) is 36.5 Å². The van der Waals surface area contributed by atoms with Crippen LogP contribution in [0.25, 0.3) is 0 Å². The van der Waals surface area contributed by atoms with Crippen molar-refractivity contribution >= 4 is 22.4 Å². The summed E-state index contributed by atoms with van der Waals surface area (Å²) in [5, 5.41) is 9.54. The second-order valence-corrected chi connectivity index (χ2v) is 4.66. The van der Waals surface area contributed by atoms with Crippen LogP contribution in [0, 0.1) is 0 Å². The van der Waals surface area contributed by atoms with Gasteiger partial charge in [0.25, 0.3) is 0 Å². The van der Waals surface area contributed by atoms with Gasteiger partial charge in [-0.2, -0.15) is 0 Å². The lowest BCUT2D eigenvalue weighted by Crippen LogP contribution is -2.15. The van der Waals surface area contributed by atoms with Gasteiger partial charge in [0.15, 0.2) is 5.13 Å². The quantitative estimate of drug-likeness (QED) is 0.903. The zero-order valence-electron chi connectivity index (χ0n) is 9.33. The fourth-order valence-electron chi connectivity index (χ4n) is 1.47. The minimum atomic E-state index is -0.929. The summed E-state index contributed by atoms with van der Waals surface area (Å²) in [6, 6.07) is 9.99. The van der Waals surface area contributed by atoms with Gasteiger partial charge in [-0.25, -0.2) is 9.78 Å². The van der Waals surface area contributed by atoms with Gasteiger partial charge in [0, 0.05) is 13.6 Å². The number of rotatable bonds is 4. The SMILES string of the molecule is CN(Cc1ccccc1)c1ncc(C(=O)O)s1. The van der Waals surface area contributed by atoms with Crippen molar-refractivity contribution in [1.29, 1.82) is 0 Å². The molecule has 0 aliphatic heterocycles. The van der Waals surface area contributed by atoms with Crippen LogP contribution < -0.4 is 4.90 Å². The van der Waals surface area contributed by atoms with Gasteiger partial charge in [-0.1, -0.05) is 41.7 Å². The molecule has 2 aromatic rings. The molecular formula is C12H12N2O2S. The van der Waals surface area contributed by atoms with E-state index in [-0.39, 0.29) is 4.88 Å². The standard InChI is InChI=1S/C12H12N2O2S/c1-14(8-9-5-3-2-4-6-9)12-13-7-10(17-12)11(15)16/h2-7H,8H2,1H3,(H,15,16). The molecule has 0 saturated heterocycles. The molecule has 0 fully saturated rings. The van der Waals surface area contributed by atoms with E-state index in [1.807, 2.05) is 42.3 Å². The number of nitrogens with zero attached hydrogens (tertiary/aromatic N) is 2. The highest BCUT2D eigenvalue weighted by molar-refractivity contribution is 7.17. The zero-order valence-corrected chi connectivity index (χ0v) is 10.1. The monoisotopic (exact) mass is 248 g/mol. The van der Waals surface area contributed by atoms with E-state index in [0.29, 0.717) is 11.7 Å². The van der Waals surface area contributed by atoms with E-state index in [2.05, 4.69) is 4.98 Å². The van der Waals surface area contributed by atoms with Crippen molar-refractivity contribution in [2.75, 3.05) is 11.9 Å². The summed E-state index contributed by atoms with van der Waals surface area (Å²) in [6.45, 7) is 0.716.